The van der Waals surface area contributed by atoms with Crippen LogP contribution in [0.1, 0.15) is 13.8 Å². The SMILES string of the molecule is CC(C)NCC(=O)Nc1ccc(F)c(NS(C)(=O)=O)c1. The molecule has 0 bridgehead atoms. The first kappa shape index (κ1) is 16.4. The molecule has 0 unspecified atom stereocenters. The second kappa shape index (κ2) is 6.67. The summed E-state index contributed by atoms with van der Waals surface area (Å²) in [5.41, 5.74) is 0.107. The zero-order valence-electron chi connectivity index (χ0n) is 11.5. The maximum absolute atomic E-state index is 13.4. The van der Waals surface area contributed by atoms with Crippen molar-refractivity contribution in [2.24, 2.45) is 0 Å². The molecular formula is C12H18FN3O3S. The predicted octanol–water partition coefficient (Wildman–Crippen LogP) is 1.13. The van der Waals surface area contributed by atoms with E-state index in [1.54, 1.807) is 0 Å². The van der Waals surface area contributed by atoms with E-state index in [0.29, 0.717) is 5.69 Å². The van der Waals surface area contributed by atoms with Crippen molar-refractivity contribution in [1.29, 1.82) is 0 Å². The molecule has 0 radical (unpaired) electrons. The van der Waals surface area contributed by atoms with Gasteiger partial charge in [-0.05, 0) is 18.2 Å². The number of hydrogen-bond donors (Lipinski definition) is 3. The van der Waals surface area contributed by atoms with Gasteiger partial charge in [-0.15, -0.1) is 0 Å². The Morgan fingerprint density at radius 3 is 2.55 bits per heavy atom. The van der Waals surface area contributed by atoms with E-state index in [1.165, 1.54) is 12.1 Å². The molecule has 1 aromatic rings. The van der Waals surface area contributed by atoms with Gasteiger partial charge in [0, 0.05) is 11.7 Å². The molecule has 1 amide bonds. The van der Waals surface area contributed by atoms with Gasteiger partial charge in [-0.1, -0.05) is 13.8 Å². The zero-order chi connectivity index (χ0) is 15.3. The van der Waals surface area contributed by atoms with E-state index in [-0.39, 0.29) is 24.2 Å². The van der Waals surface area contributed by atoms with Crippen LogP contribution in [0.2, 0.25) is 0 Å². The van der Waals surface area contributed by atoms with Gasteiger partial charge in [-0.2, -0.15) is 0 Å². The Hall–Kier alpha value is -1.67. The Morgan fingerprint density at radius 2 is 2.00 bits per heavy atom. The highest BCUT2D eigenvalue weighted by Gasteiger charge is 2.10. The lowest BCUT2D eigenvalue weighted by molar-refractivity contribution is -0.115. The topological polar surface area (TPSA) is 87.3 Å². The fraction of sp³-hybridized carbons (Fsp3) is 0.417. The number of anilines is 2. The monoisotopic (exact) mass is 303 g/mol. The first-order valence-corrected chi connectivity index (χ1v) is 7.87. The fourth-order valence-corrected chi connectivity index (χ4v) is 1.94. The molecule has 0 saturated carbocycles. The lowest BCUT2D eigenvalue weighted by atomic mass is 10.2. The largest absolute Gasteiger partial charge is 0.325 e. The summed E-state index contributed by atoms with van der Waals surface area (Å²) >= 11 is 0. The molecule has 6 nitrogen and oxygen atoms in total. The third-order valence-electron chi connectivity index (χ3n) is 2.22. The van der Waals surface area contributed by atoms with E-state index >= 15 is 0 Å². The second-order valence-electron chi connectivity index (χ2n) is 4.65. The molecule has 0 aliphatic rings. The summed E-state index contributed by atoms with van der Waals surface area (Å²) in [6.07, 6.45) is 0.921. The molecule has 1 rings (SSSR count). The van der Waals surface area contributed by atoms with Gasteiger partial charge in [0.15, 0.2) is 0 Å². The first-order chi connectivity index (χ1) is 9.17. The molecule has 1 aromatic carbocycles. The Bertz CT molecular complexity index is 588. The van der Waals surface area contributed by atoms with Crippen molar-refractivity contribution in [2.75, 3.05) is 22.8 Å². The van der Waals surface area contributed by atoms with E-state index in [4.69, 9.17) is 0 Å². The maximum atomic E-state index is 13.4. The molecule has 0 fully saturated rings. The number of halogens is 1. The van der Waals surface area contributed by atoms with Gasteiger partial charge in [-0.25, -0.2) is 12.8 Å². The van der Waals surface area contributed by atoms with E-state index in [9.17, 15) is 17.6 Å². The molecular weight excluding hydrogens is 285 g/mol. The number of nitrogens with one attached hydrogen (secondary N) is 3. The highest BCUT2D eigenvalue weighted by atomic mass is 32.2. The Balaban J connectivity index is 2.77. The number of rotatable bonds is 6. The summed E-state index contributed by atoms with van der Waals surface area (Å²) in [5.74, 6) is -1.01. The smallest absolute Gasteiger partial charge is 0.238 e. The number of hydrogen-bond acceptors (Lipinski definition) is 4. The molecule has 112 valence electrons. The number of carbonyl (C=O) groups is 1. The third-order valence-corrected chi connectivity index (χ3v) is 2.81. The standard InChI is InChI=1S/C12H18FN3O3S/c1-8(2)14-7-12(17)15-9-4-5-10(13)11(6-9)16-20(3,18)19/h4-6,8,14,16H,7H2,1-3H3,(H,15,17). The van der Waals surface area contributed by atoms with Crippen molar-refractivity contribution in [2.45, 2.75) is 19.9 Å². The van der Waals surface area contributed by atoms with E-state index in [1.807, 2.05) is 18.6 Å². The van der Waals surface area contributed by atoms with Gasteiger partial charge in [0.2, 0.25) is 15.9 Å². The van der Waals surface area contributed by atoms with Crippen LogP contribution in [0.5, 0.6) is 0 Å². The van der Waals surface area contributed by atoms with E-state index in [2.05, 4.69) is 10.6 Å². The van der Waals surface area contributed by atoms with Crippen LogP contribution in [0, 0.1) is 5.82 Å². The van der Waals surface area contributed by atoms with Crippen molar-refractivity contribution in [1.82, 2.24) is 5.32 Å². The van der Waals surface area contributed by atoms with Crippen LogP contribution in [0.3, 0.4) is 0 Å². The fourth-order valence-electron chi connectivity index (χ4n) is 1.38. The van der Waals surface area contributed by atoms with Crippen molar-refractivity contribution in [3.8, 4) is 0 Å². The molecule has 0 aliphatic heterocycles. The number of carbonyl (C=O) groups excluding carboxylic acids is 1. The number of amides is 1. The lowest BCUT2D eigenvalue weighted by Gasteiger charge is -2.11. The van der Waals surface area contributed by atoms with Crippen LogP contribution >= 0.6 is 0 Å². The second-order valence-corrected chi connectivity index (χ2v) is 6.40. The van der Waals surface area contributed by atoms with Crippen LogP contribution in [-0.2, 0) is 14.8 Å². The lowest BCUT2D eigenvalue weighted by Crippen LogP contribution is -2.32. The van der Waals surface area contributed by atoms with Crippen LogP contribution in [-0.4, -0.2) is 33.2 Å². The molecule has 0 spiro atoms. The number of benzene rings is 1. The zero-order valence-corrected chi connectivity index (χ0v) is 12.3. The molecule has 0 atom stereocenters. The maximum Gasteiger partial charge on any atom is 0.238 e. The molecule has 20 heavy (non-hydrogen) atoms. The summed E-state index contributed by atoms with van der Waals surface area (Å²) in [7, 11) is -3.58. The van der Waals surface area contributed by atoms with Gasteiger partial charge in [0.05, 0.1) is 18.5 Å². The predicted molar refractivity (Wildman–Crippen MR) is 76.6 cm³/mol. The summed E-state index contributed by atoms with van der Waals surface area (Å²) in [6, 6.07) is 3.83. The molecule has 0 aromatic heterocycles. The minimum atomic E-state index is -3.58. The molecule has 0 heterocycles. The minimum Gasteiger partial charge on any atom is -0.325 e. The van der Waals surface area contributed by atoms with Gasteiger partial charge >= 0.3 is 0 Å². The Kier molecular flexibility index (Phi) is 5.46. The minimum absolute atomic E-state index is 0.115. The Labute approximate surface area is 117 Å². The highest BCUT2D eigenvalue weighted by Crippen LogP contribution is 2.20. The van der Waals surface area contributed by atoms with Gasteiger partial charge < -0.3 is 10.6 Å². The van der Waals surface area contributed by atoms with Gasteiger partial charge in [0.1, 0.15) is 5.82 Å². The van der Waals surface area contributed by atoms with Crippen LogP contribution in [0.25, 0.3) is 0 Å². The Morgan fingerprint density at radius 1 is 1.35 bits per heavy atom. The van der Waals surface area contributed by atoms with Crippen molar-refractivity contribution < 1.29 is 17.6 Å². The molecule has 0 aliphatic carbocycles. The first-order valence-electron chi connectivity index (χ1n) is 5.98. The summed E-state index contributed by atoms with van der Waals surface area (Å²) < 4.78 is 37.7. The van der Waals surface area contributed by atoms with E-state index in [0.717, 1.165) is 12.3 Å². The quantitative estimate of drug-likeness (QED) is 0.735. The summed E-state index contributed by atoms with van der Waals surface area (Å²) in [5, 5.41) is 5.48. The average Bonchev–Trinajstić information content (AvgIpc) is 2.29. The molecule has 0 saturated heterocycles. The average molecular weight is 303 g/mol. The van der Waals surface area contributed by atoms with Crippen molar-refractivity contribution in [3.05, 3.63) is 24.0 Å². The third kappa shape index (κ3) is 5.98. The van der Waals surface area contributed by atoms with Crippen LogP contribution in [0.15, 0.2) is 18.2 Å². The van der Waals surface area contributed by atoms with Crippen molar-refractivity contribution >= 4 is 27.3 Å². The number of sulfonamides is 1. The summed E-state index contributed by atoms with van der Waals surface area (Å²) in [6.45, 7) is 3.92. The van der Waals surface area contributed by atoms with E-state index < -0.39 is 15.8 Å². The molecule has 3 N–H and O–H groups in total. The van der Waals surface area contributed by atoms with Gasteiger partial charge in [-0.3, -0.25) is 9.52 Å². The van der Waals surface area contributed by atoms with Crippen LogP contribution in [0.4, 0.5) is 15.8 Å². The normalized spacial score (nSPS) is 11.4. The van der Waals surface area contributed by atoms with Crippen molar-refractivity contribution in [3.63, 3.8) is 0 Å². The summed E-state index contributed by atoms with van der Waals surface area (Å²) in [4.78, 5) is 11.6. The van der Waals surface area contributed by atoms with Crippen LogP contribution < -0.4 is 15.4 Å². The highest BCUT2D eigenvalue weighted by molar-refractivity contribution is 7.92. The molecule has 8 heteroatoms. The van der Waals surface area contributed by atoms with Gasteiger partial charge in [0.25, 0.3) is 0 Å².